The summed E-state index contributed by atoms with van der Waals surface area (Å²) in [5.74, 6) is -0.361. The highest BCUT2D eigenvalue weighted by atomic mass is 32.2. The molecule has 0 atom stereocenters. The van der Waals surface area contributed by atoms with Crippen LogP contribution in [0.2, 0.25) is 0 Å². The van der Waals surface area contributed by atoms with Gasteiger partial charge in [-0.25, -0.2) is 13.1 Å². The van der Waals surface area contributed by atoms with Crippen molar-refractivity contribution in [3.8, 4) is 0 Å². The van der Waals surface area contributed by atoms with Gasteiger partial charge in [-0.2, -0.15) is 5.10 Å². The van der Waals surface area contributed by atoms with Crippen LogP contribution in [-0.2, 0) is 23.6 Å². The number of sulfonamides is 1. The van der Waals surface area contributed by atoms with Crippen LogP contribution in [0, 0.1) is 0 Å². The lowest BCUT2D eigenvalue weighted by molar-refractivity contribution is 0.0942. The van der Waals surface area contributed by atoms with Crippen LogP contribution < -0.4 is 10.0 Å². The van der Waals surface area contributed by atoms with E-state index in [1.165, 1.54) is 23.9 Å². The fourth-order valence-corrected chi connectivity index (χ4v) is 2.47. The fraction of sp³-hybridized carbons (Fsp3) is 0.273. The molecule has 2 aromatic rings. The Morgan fingerprint density at radius 1 is 1.50 bits per heavy atom. The molecule has 0 saturated heterocycles. The largest absolute Gasteiger partial charge is 0.345 e. The van der Waals surface area contributed by atoms with Gasteiger partial charge in [-0.05, 0) is 19.2 Å². The molecule has 0 saturated carbocycles. The monoisotopic (exact) mass is 297 g/mol. The zero-order chi connectivity index (χ0) is 14.8. The molecule has 0 spiro atoms. The number of amides is 1. The number of carbonyl (C=O) groups is 1. The highest BCUT2D eigenvalue weighted by molar-refractivity contribution is 7.89. The summed E-state index contributed by atoms with van der Waals surface area (Å²) in [6, 6.07) is 3.07. The summed E-state index contributed by atoms with van der Waals surface area (Å²) < 4.78 is 27.0. The Bertz CT molecular complexity index is 703. The number of nitrogens with one attached hydrogen (secondary N) is 3. The number of hydrogen-bond acceptors (Lipinski definition) is 4. The van der Waals surface area contributed by atoms with E-state index in [4.69, 9.17) is 0 Å². The molecule has 2 rings (SSSR count). The van der Waals surface area contributed by atoms with E-state index in [1.54, 1.807) is 19.3 Å². The van der Waals surface area contributed by atoms with Crippen LogP contribution in [0.15, 0.2) is 29.4 Å². The second-order valence-corrected chi connectivity index (χ2v) is 6.03. The maximum absolute atomic E-state index is 12.0. The minimum absolute atomic E-state index is 0.0502. The minimum atomic E-state index is -3.56. The molecule has 0 unspecified atom stereocenters. The second kappa shape index (κ2) is 5.47. The molecule has 0 aliphatic rings. The Morgan fingerprint density at radius 2 is 2.25 bits per heavy atom. The number of H-pyrrole nitrogens is 1. The van der Waals surface area contributed by atoms with Crippen molar-refractivity contribution >= 4 is 15.9 Å². The van der Waals surface area contributed by atoms with Gasteiger partial charge in [0.25, 0.3) is 5.91 Å². The maximum atomic E-state index is 12.0. The quantitative estimate of drug-likeness (QED) is 0.696. The maximum Gasteiger partial charge on any atom is 0.268 e. The van der Waals surface area contributed by atoms with Crippen LogP contribution >= 0.6 is 0 Å². The lowest BCUT2D eigenvalue weighted by atomic mass is 10.3. The van der Waals surface area contributed by atoms with Crippen molar-refractivity contribution in [1.29, 1.82) is 0 Å². The molecule has 20 heavy (non-hydrogen) atoms. The summed E-state index contributed by atoms with van der Waals surface area (Å²) in [6.07, 6.45) is 2.97. The topological polar surface area (TPSA) is 109 Å². The molecular weight excluding hydrogens is 282 g/mol. The average molecular weight is 297 g/mol. The van der Waals surface area contributed by atoms with Gasteiger partial charge in [0.1, 0.15) is 10.6 Å². The molecule has 0 bridgehead atoms. The zero-order valence-corrected chi connectivity index (χ0v) is 11.9. The second-order valence-electron chi connectivity index (χ2n) is 4.14. The van der Waals surface area contributed by atoms with Gasteiger partial charge in [-0.3, -0.25) is 9.89 Å². The average Bonchev–Trinajstić information content (AvgIpc) is 3.05. The van der Waals surface area contributed by atoms with Gasteiger partial charge in [0.2, 0.25) is 10.0 Å². The molecule has 1 amide bonds. The molecular formula is C11H15N5O3S. The van der Waals surface area contributed by atoms with Crippen molar-refractivity contribution in [3.05, 3.63) is 35.9 Å². The number of rotatable bonds is 5. The van der Waals surface area contributed by atoms with E-state index in [9.17, 15) is 13.2 Å². The highest BCUT2D eigenvalue weighted by Crippen LogP contribution is 2.13. The molecule has 2 heterocycles. The first-order valence-electron chi connectivity index (χ1n) is 5.80. The first-order valence-corrected chi connectivity index (χ1v) is 7.28. The zero-order valence-electron chi connectivity index (χ0n) is 11.0. The van der Waals surface area contributed by atoms with E-state index in [1.807, 2.05) is 0 Å². The van der Waals surface area contributed by atoms with Crippen LogP contribution in [0.3, 0.4) is 0 Å². The molecule has 0 aromatic carbocycles. The molecule has 0 fully saturated rings. The van der Waals surface area contributed by atoms with Gasteiger partial charge < -0.3 is 9.88 Å². The molecule has 2 aromatic heterocycles. The van der Waals surface area contributed by atoms with E-state index in [0.29, 0.717) is 0 Å². The SMILES string of the molecule is CNS(=O)(=O)c1cc(C(=O)NCc2ccn[nH]2)n(C)c1. The summed E-state index contributed by atoms with van der Waals surface area (Å²) >= 11 is 0. The van der Waals surface area contributed by atoms with Crippen molar-refractivity contribution < 1.29 is 13.2 Å². The Kier molecular flexibility index (Phi) is 3.91. The fourth-order valence-electron chi connectivity index (χ4n) is 1.67. The molecule has 0 radical (unpaired) electrons. The van der Waals surface area contributed by atoms with Crippen molar-refractivity contribution in [1.82, 2.24) is 24.8 Å². The van der Waals surface area contributed by atoms with E-state index < -0.39 is 10.0 Å². The van der Waals surface area contributed by atoms with Crippen LogP contribution in [0.1, 0.15) is 16.2 Å². The van der Waals surface area contributed by atoms with E-state index in [2.05, 4.69) is 20.2 Å². The molecule has 8 nitrogen and oxygen atoms in total. The van der Waals surface area contributed by atoms with Crippen molar-refractivity contribution in [2.24, 2.45) is 7.05 Å². The van der Waals surface area contributed by atoms with Crippen molar-refractivity contribution in [2.45, 2.75) is 11.4 Å². The van der Waals surface area contributed by atoms with Crippen LogP contribution in [0.4, 0.5) is 0 Å². The Balaban J connectivity index is 2.14. The van der Waals surface area contributed by atoms with Crippen molar-refractivity contribution in [2.75, 3.05) is 7.05 Å². The Labute approximate surface area is 116 Å². The summed E-state index contributed by atoms with van der Waals surface area (Å²) in [5, 5.41) is 9.17. The third-order valence-electron chi connectivity index (χ3n) is 2.79. The van der Waals surface area contributed by atoms with Gasteiger partial charge in [-0.1, -0.05) is 0 Å². The highest BCUT2D eigenvalue weighted by Gasteiger charge is 2.18. The summed E-state index contributed by atoms with van der Waals surface area (Å²) in [7, 11) is -0.628. The van der Waals surface area contributed by atoms with Gasteiger partial charge >= 0.3 is 0 Å². The molecule has 9 heteroatoms. The summed E-state index contributed by atoms with van der Waals surface area (Å²) in [6.45, 7) is 0.290. The minimum Gasteiger partial charge on any atom is -0.345 e. The summed E-state index contributed by atoms with van der Waals surface area (Å²) in [4.78, 5) is 12.1. The predicted octanol–water partition coefficient (Wildman–Crippen LogP) is -0.414. The lowest BCUT2D eigenvalue weighted by Crippen LogP contribution is -2.24. The number of aromatic amines is 1. The van der Waals surface area contributed by atoms with Gasteiger partial charge in [0, 0.05) is 19.4 Å². The van der Waals surface area contributed by atoms with Gasteiger partial charge in [-0.15, -0.1) is 0 Å². The Hall–Kier alpha value is -2.13. The normalized spacial score (nSPS) is 11.5. The van der Waals surface area contributed by atoms with Gasteiger partial charge in [0.05, 0.1) is 12.2 Å². The molecule has 0 aliphatic heterocycles. The number of hydrogen-bond donors (Lipinski definition) is 3. The van der Waals surface area contributed by atoms with E-state index in [0.717, 1.165) is 5.69 Å². The first kappa shape index (κ1) is 14.3. The smallest absolute Gasteiger partial charge is 0.268 e. The molecule has 108 valence electrons. The van der Waals surface area contributed by atoms with Crippen LogP contribution in [0.5, 0.6) is 0 Å². The van der Waals surface area contributed by atoms with E-state index in [-0.39, 0.29) is 23.0 Å². The number of carbonyl (C=O) groups excluding carboxylic acids is 1. The van der Waals surface area contributed by atoms with Crippen LogP contribution in [0.25, 0.3) is 0 Å². The standard InChI is InChI=1S/C11H15N5O3S/c1-12-20(18,19)9-5-10(16(2)7-9)11(17)13-6-8-3-4-14-15-8/h3-5,7,12H,6H2,1-2H3,(H,13,17)(H,14,15). The van der Waals surface area contributed by atoms with Crippen molar-refractivity contribution in [3.63, 3.8) is 0 Å². The number of nitrogens with zero attached hydrogens (tertiary/aromatic N) is 2. The third-order valence-corrected chi connectivity index (χ3v) is 4.17. The number of aromatic nitrogens is 3. The van der Waals surface area contributed by atoms with Crippen LogP contribution in [-0.4, -0.2) is 36.1 Å². The summed E-state index contributed by atoms with van der Waals surface area (Å²) in [5.41, 5.74) is 1.02. The first-order chi connectivity index (χ1) is 9.44. The Morgan fingerprint density at radius 3 is 2.85 bits per heavy atom. The van der Waals surface area contributed by atoms with E-state index >= 15 is 0 Å². The lowest BCUT2D eigenvalue weighted by Gasteiger charge is -2.04. The van der Waals surface area contributed by atoms with Gasteiger partial charge in [0.15, 0.2) is 0 Å². The predicted molar refractivity (Wildman–Crippen MR) is 71.4 cm³/mol. The molecule has 3 N–H and O–H groups in total. The number of aryl methyl sites for hydroxylation is 1. The third kappa shape index (κ3) is 2.89. The molecule has 0 aliphatic carbocycles.